The van der Waals surface area contributed by atoms with Crippen LogP contribution >= 0.6 is 0 Å². The van der Waals surface area contributed by atoms with Crippen molar-refractivity contribution in [1.82, 2.24) is 5.32 Å². The Bertz CT molecular complexity index is 1250. The van der Waals surface area contributed by atoms with Crippen LogP contribution in [0.5, 0.6) is 0 Å². The zero-order valence-electron chi connectivity index (χ0n) is 18.4. The molecule has 0 aliphatic heterocycles. The molecule has 0 saturated heterocycles. The molecule has 1 fully saturated rings. The molecule has 0 bridgehead atoms. The van der Waals surface area contributed by atoms with Crippen LogP contribution in [0.3, 0.4) is 0 Å². The third kappa shape index (κ3) is 5.68. The monoisotopic (exact) mass is 462 g/mol. The van der Waals surface area contributed by atoms with E-state index in [-0.39, 0.29) is 28.4 Å². The summed E-state index contributed by atoms with van der Waals surface area (Å²) in [5.74, 6) is -0.0570. The van der Waals surface area contributed by atoms with E-state index in [4.69, 9.17) is 0 Å². The first-order valence-corrected chi connectivity index (χ1v) is 12.5. The van der Waals surface area contributed by atoms with Gasteiger partial charge in [0.2, 0.25) is 5.91 Å². The van der Waals surface area contributed by atoms with Crippen molar-refractivity contribution in [3.8, 4) is 0 Å². The summed E-state index contributed by atoms with van der Waals surface area (Å²) in [6, 6.07) is 22.8. The largest absolute Gasteiger partial charge is 0.348 e. The van der Waals surface area contributed by atoms with E-state index in [2.05, 4.69) is 5.32 Å². The highest BCUT2D eigenvalue weighted by atomic mass is 32.2. The normalized spacial score (nSPS) is 13.4. The van der Waals surface area contributed by atoms with Crippen LogP contribution < -0.4 is 10.2 Å². The minimum absolute atomic E-state index is 0.170. The number of amides is 2. The van der Waals surface area contributed by atoms with Crippen LogP contribution in [-0.2, 0) is 21.2 Å². The lowest BCUT2D eigenvalue weighted by Gasteiger charge is -2.22. The van der Waals surface area contributed by atoms with E-state index in [1.54, 1.807) is 48.5 Å². The van der Waals surface area contributed by atoms with Crippen molar-refractivity contribution in [3.05, 3.63) is 90.0 Å². The maximum atomic E-state index is 12.7. The van der Waals surface area contributed by atoms with Crippen LogP contribution in [0.1, 0.15) is 35.7 Å². The summed E-state index contributed by atoms with van der Waals surface area (Å²) in [6.45, 7) is 1.83. The molecule has 6 nitrogen and oxygen atoms in total. The molecule has 170 valence electrons. The van der Waals surface area contributed by atoms with Crippen molar-refractivity contribution < 1.29 is 18.0 Å². The summed E-state index contributed by atoms with van der Waals surface area (Å²) >= 11 is 0. The predicted octanol–water partition coefficient (Wildman–Crippen LogP) is 4.48. The number of nitrogens with one attached hydrogen (secondary N) is 1. The number of carbonyl (C=O) groups is 2. The van der Waals surface area contributed by atoms with Crippen LogP contribution in [0, 0.1) is 5.92 Å². The Morgan fingerprint density at radius 1 is 0.909 bits per heavy atom. The minimum atomic E-state index is -3.33. The lowest BCUT2D eigenvalue weighted by Crippen LogP contribution is -2.25. The van der Waals surface area contributed by atoms with Crippen molar-refractivity contribution in [1.29, 1.82) is 0 Å². The Kier molecular flexibility index (Phi) is 6.60. The van der Waals surface area contributed by atoms with Crippen molar-refractivity contribution in [2.45, 2.75) is 31.2 Å². The van der Waals surface area contributed by atoms with Crippen LogP contribution in [0.4, 0.5) is 11.4 Å². The SMILES string of the molecule is CC(=O)N(c1ccc(S(=O)(=O)CC2CC2)cc1)c1cccc(C(=O)NCc2ccccc2)c1. The molecule has 7 heteroatoms. The number of nitrogens with zero attached hydrogens (tertiary/aromatic N) is 1. The number of anilines is 2. The highest BCUT2D eigenvalue weighted by Gasteiger charge is 2.29. The molecule has 0 radical (unpaired) electrons. The van der Waals surface area contributed by atoms with E-state index < -0.39 is 9.84 Å². The Labute approximate surface area is 194 Å². The number of sulfone groups is 1. The van der Waals surface area contributed by atoms with Gasteiger partial charge in [-0.3, -0.25) is 14.5 Å². The van der Waals surface area contributed by atoms with Gasteiger partial charge in [0.1, 0.15) is 0 Å². The minimum Gasteiger partial charge on any atom is -0.348 e. The van der Waals surface area contributed by atoms with E-state index in [1.807, 2.05) is 30.3 Å². The van der Waals surface area contributed by atoms with E-state index in [0.29, 0.717) is 23.5 Å². The second-order valence-electron chi connectivity index (χ2n) is 8.29. The van der Waals surface area contributed by atoms with Crippen molar-refractivity contribution >= 4 is 33.0 Å². The first kappa shape index (κ1) is 22.7. The molecule has 1 saturated carbocycles. The average molecular weight is 463 g/mol. The van der Waals surface area contributed by atoms with Gasteiger partial charge in [0.05, 0.1) is 10.6 Å². The van der Waals surface area contributed by atoms with Gasteiger partial charge in [0, 0.05) is 30.4 Å². The Balaban J connectivity index is 1.53. The molecule has 1 N–H and O–H groups in total. The quantitative estimate of drug-likeness (QED) is 0.535. The van der Waals surface area contributed by atoms with Crippen molar-refractivity contribution in [2.75, 3.05) is 10.7 Å². The molecule has 4 rings (SSSR count). The van der Waals surface area contributed by atoms with Crippen LogP contribution in [-0.4, -0.2) is 26.0 Å². The number of benzene rings is 3. The Morgan fingerprint density at radius 3 is 2.24 bits per heavy atom. The summed E-state index contributed by atoms with van der Waals surface area (Å²) in [4.78, 5) is 26.9. The number of carbonyl (C=O) groups excluding carboxylic acids is 2. The second-order valence-corrected chi connectivity index (χ2v) is 10.3. The molecular formula is C26H26N2O4S. The Morgan fingerprint density at radius 2 is 1.61 bits per heavy atom. The summed E-state index contributed by atoms with van der Waals surface area (Å²) in [5.41, 5.74) is 2.49. The van der Waals surface area contributed by atoms with Gasteiger partial charge in [0.25, 0.3) is 5.91 Å². The van der Waals surface area contributed by atoms with Gasteiger partial charge in [-0.05, 0) is 66.8 Å². The first-order chi connectivity index (χ1) is 15.8. The van der Waals surface area contributed by atoms with E-state index in [1.165, 1.54) is 11.8 Å². The molecule has 0 spiro atoms. The number of hydrogen-bond donors (Lipinski definition) is 1. The molecule has 0 unspecified atom stereocenters. The van der Waals surface area contributed by atoms with E-state index in [9.17, 15) is 18.0 Å². The fourth-order valence-corrected chi connectivity index (χ4v) is 5.37. The highest BCUT2D eigenvalue weighted by Crippen LogP contribution is 2.33. The smallest absolute Gasteiger partial charge is 0.251 e. The van der Waals surface area contributed by atoms with E-state index in [0.717, 1.165) is 18.4 Å². The third-order valence-corrected chi connectivity index (χ3v) is 7.48. The summed E-state index contributed by atoms with van der Waals surface area (Å²) in [6.07, 6.45) is 1.93. The standard InChI is InChI=1S/C26H26N2O4S/c1-19(29)28(23-12-14-25(15-13-23)33(31,32)18-21-10-11-21)24-9-5-8-22(16-24)26(30)27-17-20-6-3-2-4-7-20/h2-9,12-16,21H,10-11,17-18H2,1H3,(H,27,30). The fraction of sp³-hybridized carbons (Fsp3) is 0.231. The topological polar surface area (TPSA) is 83.6 Å². The molecule has 3 aromatic carbocycles. The molecule has 0 heterocycles. The van der Waals surface area contributed by atoms with Gasteiger partial charge < -0.3 is 5.32 Å². The zero-order valence-corrected chi connectivity index (χ0v) is 19.2. The molecule has 3 aromatic rings. The summed E-state index contributed by atoms with van der Waals surface area (Å²) in [5, 5.41) is 2.89. The van der Waals surface area contributed by atoms with Crippen molar-refractivity contribution in [2.24, 2.45) is 5.92 Å². The predicted molar refractivity (Wildman–Crippen MR) is 128 cm³/mol. The summed E-state index contributed by atoms with van der Waals surface area (Å²) in [7, 11) is -3.33. The van der Waals surface area contributed by atoms with Crippen LogP contribution in [0.2, 0.25) is 0 Å². The van der Waals surface area contributed by atoms with Crippen molar-refractivity contribution in [3.63, 3.8) is 0 Å². The van der Waals surface area contributed by atoms with Crippen LogP contribution in [0.15, 0.2) is 83.8 Å². The van der Waals surface area contributed by atoms with E-state index >= 15 is 0 Å². The average Bonchev–Trinajstić information content (AvgIpc) is 3.62. The maximum Gasteiger partial charge on any atom is 0.251 e. The third-order valence-electron chi connectivity index (χ3n) is 5.58. The number of hydrogen-bond acceptors (Lipinski definition) is 4. The van der Waals surface area contributed by atoms with Crippen LogP contribution in [0.25, 0.3) is 0 Å². The Hall–Kier alpha value is -3.45. The molecule has 1 aliphatic rings. The lowest BCUT2D eigenvalue weighted by molar-refractivity contribution is -0.115. The highest BCUT2D eigenvalue weighted by molar-refractivity contribution is 7.91. The lowest BCUT2D eigenvalue weighted by atomic mass is 10.1. The van der Waals surface area contributed by atoms with Gasteiger partial charge in [-0.2, -0.15) is 0 Å². The molecule has 2 amide bonds. The van der Waals surface area contributed by atoms with Gasteiger partial charge in [0.15, 0.2) is 9.84 Å². The first-order valence-electron chi connectivity index (χ1n) is 10.9. The van der Waals surface area contributed by atoms with Gasteiger partial charge >= 0.3 is 0 Å². The number of rotatable bonds is 8. The molecule has 1 aliphatic carbocycles. The molecular weight excluding hydrogens is 436 g/mol. The molecule has 0 aromatic heterocycles. The zero-order chi connectivity index (χ0) is 23.4. The summed E-state index contributed by atoms with van der Waals surface area (Å²) < 4.78 is 25.1. The van der Waals surface area contributed by atoms with Gasteiger partial charge in [-0.1, -0.05) is 36.4 Å². The molecule has 33 heavy (non-hydrogen) atoms. The second kappa shape index (κ2) is 9.58. The fourth-order valence-electron chi connectivity index (χ4n) is 3.67. The molecule has 0 atom stereocenters. The maximum absolute atomic E-state index is 12.7. The van der Waals surface area contributed by atoms with Gasteiger partial charge in [-0.25, -0.2) is 8.42 Å². The van der Waals surface area contributed by atoms with Gasteiger partial charge in [-0.15, -0.1) is 0 Å².